The van der Waals surface area contributed by atoms with Crippen molar-refractivity contribution >= 4 is 15.9 Å². The summed E-state index contributed by atoms with van der Waals surface area (Å²) in [5.41, 5.74) is 6.23. The van der Waals surface area contributed by atoms with E-state index in [9.17, 15) is 13.2 Å². The van der Waals surface area contributed by atoms with Crippen LogP contribution in [-0.4, -0.2) is 45.4 Å². The van der Waals surface area contributed by atoms with Crippen molar-refractivity contribution in [1.82, 2.24) is 9.62 Å². The van der Waals surface area contributed by atoms with E-state index in [0.717, 1.165) is 24.9 Å². The predicted molar refractivity (Wildman–Crippen MR) is 84.7 cm³/mol. The van der Waals surface area contributed by atoms with Crippen molar-refractivity contribution in [3.63, 3.8) is 0 Å². The minimum absolute atomic E-state index is 0.202. The predicted octanol–water partition coefficient (Wildman–Crippen LogP) is 0.471. The van der Waals surface area contributed by atoms with E-state index in [0.29, 0.717) is 13.1 Å². The third-order valence-corrected chi connectivity index (χ3v) is 5.32. The second-order valence-corrected chi connectivity index (χ2v) is 7.64. The molecule has 7 heteroatoms. The first kappa shape index (κ1) is 16.9. The summed E-state index contributed by atoms with van der Waals surface area (Å²) in [5.74, 6) is -0.144. The molecule has 6 nitrogen and oxygen atoms in total. The van der Waals surface area contributed by atoms with Gasteiger partial charge in [0.05, 0.1) is 11.4 Å². The Kier molecular flexibility index (Phi) is 5.55. The van der Waals surface area contributed by atoms with Crippen molar-refractivity contribution in [2.75, 3.05) is 26.2 Å². The van der Waals surface area contributed by atoms with Crippen LogP contribution in [0.4, 0.5) is 0 Å². The number of hydrogen-bond acceptors (Lipinski definition) is 4. The second kappa shape index (κ2) is 7.21. The number of hydrogen-bond donors (Lipinski definition) is 2. The number of aryl methyl sites for hydroxylation is 1. The van der Waals surface area contributed by atoms with Gasteiger partial charge in [-0.3, -0.25) is 9.69 Å². The molecule has 1 amide bonds. The molecule has 3 N–H and O–H groups in total. The van der Waals surface area contributed by atoms with Gasteiger partial charge in [-0.1, -0.05) is 17.7 Å². The summed E-state index contributed by atoms with van der Waals surface area (Å²) >= 11 is 0. The third-order valence-electron chi connectivity index (χ3n) is 3.88. The number of rotatable bonds is 6. The van der Waals surface area contributed by atoms with E-state index in [2.05, 4.69) is 4.72 Å². The molecule has 22 heavy (non-hydrogen) atoms. The van der Waals surface area contributed by atoms with Gasteiger partial charge < -0.3 is 5.73 Å². The summed E-state index contributed by atoms with van der Waals surface area (Å²) in [6.45, 7) is 4.06. The zero-order valence-corrected chi connectivity index (χ0v) is 13.6. The van der Waals surface area contributed by atoms with Crippen LogP contribution in [-0.2, 0) is 14.8 Å². The first-order valence-corrected chi connectivity index (χ1v) is 8.92. The first-order valence-electron chi connectivity index (χ1n) is 7.44. The Morgan fingerprint density at radius 2 is 2.05 bits per heavy atom. The molecular weight excluding hydrogens is 302 g/mol. The average molecular weight is 325 g/mol. The number of carbonyl (C=O) groups is 1. The summed E-state index contributed by atoms with van der Waals surface area (Å²) in [4.78, 5) is 13.2. The summed E-state index contributed by atoms with van der Waals surface area (Å²) in [6, 6.07) is 6.78. The Labute approximate surface area is 131 Å². The van der Waals surface area contributed by atoms with Gasteiger partial charge in [0.1, 0.15) is 0 Å². The molecule has 0 aliphatic carbocycles. The normalized spacial score (nSPS) is 20.0. The van der Waals surface area contributed by atoms with E-state index in [1.807, 2.05) is 11.8 Å². The quantitative estimate of drug-likeness (QED) is 0.795. The molecule has 0 saturated carbocycles. The van der Waals surface area contributed by atoms with Crippen molar-refractivity contribution in [1.29, 1.82) is 0 Å². The molecule has 0 bridgehead atoms. The number of carbonyl (C=O) groups excluding carboxylic acids is 1. The molecule has 1 aliphatic rings. The van der Waals surface area contributed by atoms with Crippen molar-refractivity contribution in [3.05, 3.63) is 29.8 Å². The van der Waals surface area contributed by atoms with Gasteiger partial charge in [-0.2, -0.15) is 0 Å². The van der Waals surface area contributed by atoms with Crippen LogP contribution >= 0.6 is 0 Å². The highest BCUT2D eigenvalue weighted by Crippen LogP contribution is 2.17. The number of nitrogens with one attached hydrogen (secondary N) is 1. The smallest absolute Gasteiger partial charge is 0.240 e. The highest BCUT2D eigenvalue weighted by atomic mass is 32.2. The topological polar surface area (TPSA) is 92.5 Å². The van der Waals surface area contributed by atoms with Gasteiger partial charge in [-0.05, 0) is 44.4 Å². The van der Waals surface area contributed by atoms with Crippen molar-refractivity contribution in [3.8, 4) is 0 Å². The number of piperidine rings is 1. The summed E-state index contributed by atoms with van der Waals surface area (Å²) in [5, 5.41) is 0. The van der Waals surface area contributed by atoms with Crippen LogP contribution in [0.5, 0.6) is 0 Å². The number of amides is 1. The van der Waals surface area contributed by atoms with Crippen LogP contribution in [0.3, 0.4) is 0 Å². The van der Waals surface area contributed by atoms with E-state index in [-0.39, 0.29) is 23.3 Å². The fourth-order valence-corrected chi connectivity index (χ4v) is 3.83. The monoisotopic (exact) mass is 325 g/mol. The number of benzene rings is 1. The minimum Gasteiger partial charge on any atom is -0.369 e. The molecule has 122 valence electrons. The van der Waals surface area contributed by atoms with Gasteiger partial charge in [-0.15, -0.1) is 0 Å². The van der Waals surface area contributed by atoms with Crippen LogP contribution in [0, 0.1) is 12.8 Å². The lowest BCUT2D eigenvalue weighted by Crippen LogP contribution is -2.44. The Bertz CT molecular complexity index is 613. The zero-order chi connectivity index (χ0) is 16.2. The fourth-order valence-electron chi connectivity index (χ4n) is 2.71. The van der Waals surface area contributed by atoms with E-state index in [1.54, 1.807) is 24.3 Å². The lowest BCUT2D eigenvalue weighted by molar-refractivity contribution is -0.119. The molecular formula is C15H23N3O3S. The first-order chi connectivity index (χ1) is 10.4. The Morgan fingerprint density at radius 1 is 1.36 bits per heavy atom. The maximum atomic E-state index is 12.2. The molecule has 0 spiro atoms. The average Bonchev–Trinajstić information content (AvgIpc) is 2.45. The molecule has 0 radical (unpaired) electrons. The maximum absolute atomic E-state index is 12.2. The van der Waals surface area contributed by atoms with Gasteiger partial charge in [-0.25, -0.2) is 13.1 Å². The second-order valence-electron chi connectivity index (χ2n) is 5.87. The van der Waals surface area contributed by atoms with E-state index < -0.39 is 10.0 Å². The van der Waals surface area contributed by atoms with Crippen molar-refractivity contribution < 1.29 is 13.2 Å². The van der Waals surface area contributed by atoms with Crippen LogP contribution < -0.4 is 10.5 Å². The van der Waals surface area contributed by atoms with E-state index in [1.165, 1.54) is 0 Å². The molecule has 1 saturated heterocycles. The molecule has 1 aliphatic heterocycles. The van der Waals surface area contributed by atoms with Gasteiger partial charge in [0.15, 0.2) is 0 Å². The van der Waals surface area contributed by atoms with Crippen LogP contribution in [0.25, 0.3) is 0 Å². The Morgan fingerprint density at radius 3 is 2.68 bits per heavy atom. The highest BCUT2D eigenvalue weighted by Gasteiger charge is 2.23. The third kappa shape index (κ3) is 4.79. The number of sulfonamides is 1. The number of primary amides is 1. The molecule has 0 aromatic heterocycles. The van der Waals surface area contributed by atoms with Crippen molar-refractivity contribution in [2.24, 2.45) is 11.7 Å². The Balaban J connectivity index is 1.91. The van der Waals surface area contributed by atoms with Crippen LogP contribution in [0.2, 0.25) is 0 Å². The highest BCUT2D eigenvalue weighted by molar-refractivity contribution is 7.89. The molecule has 0 unspecified atom stereocenters. The van der Waals surface area contributed by atoms with E-state index >= 15 is 0 Å². The summed E-state index contributed by atoms with van der Waals surface area (Å²) in [6.07, 6.45) is 1.90. The summed E-state index contributed by atoms with van der Waals surface area (Å²) in [7, 11) is -3.48. The van der Waals surface area contributed by atoms with Crippen molar-refractivity contribution in [2.45, 2.75) is 24.7 Å². The lowest BCUT2D eigenvalue weighted by Gasteiger charge is -2.31. The number of nitrogens with two attached hydrogens (primary N) is 1. The largest absolute Gasteiger partial charge is 0.369 e. The molecule has 2 rings (SSSR count). The zero-order valence-electron chi connectivity index (χ0n) is 12.8. The lowest BCUT2D eigenvalue weighted by atomic mass is 9.98. The molecule has 1 atom stereocenters. The van der Waals surface area contributed by atoms with Gasteiger partial charge in [0, 0.05) is 13.1 Å². The molecule has 1 aromatic rings. The SMILES string of the molecule is Cc1ccc(S(=O)(=O)NC[C@H]2CCCN(CC(N)=O)C2)cc1. The van der Waals surface area contributed by atoms with Gasteiger partial charge in [0.2, 0.25) is 15.9 Å². The number of nitrogens with zero attached hydrogens (tertiary/aromatic N) is 1. The van der Waals surface area contributed by atoms with Gasteiger partial charge in [0.25, 0.3) is 0 Å². The molecule has 1 fully saturated rings. The number of likely N-dealkylation sites (tertiary alicyclic amines) is 1. The minimum atomic E-state index is -3.48. The standard InChI is InChI=1S/C15H23N3O3S/c1-12-4-6-14(7-5-12)22(20,21)17-9-13-3-2-8-18(10-13)11-15(16)19/h4-7,13,17H,2-3,8-11H2,1H3,(H2,16,19)/t13-/m1/s1. The van der Waals surface area contributed by atoms with Gasteiger partial charge >= 0.3 is 0 Å². The van der Waals surface area contributed by atoms with Crippen LogP contribution in [0.15, 0.2) is 29.2 Å². The van der Waals surface area contributed by atoms with Crippen LogP contribution in [0.1, 0.15) is 18.4 Å². The summed E-state index contributed by atoms with van der Waals surface area (Å²) < 4.78 is 27.2. The Hall–Kier alpha value is -1.44. The maximum Gasteiger partial charge on any atom is 0.240 e. The molecule has 1 heterocycles. The fraction of sp³-hybridized carbons (Fsp3) is 0.533. The van der Waals surface area contributed by atoms with E-state index in [4.69, 9.17) is 5.73 Å². The molecule has 1 aromatic carbocycles.